The number of nitrogens with one attached hydrogen (secondary N) is 1. The number of fused-ring (bicyclic) bond motifs is 1. The molecule has 3 heteroatoms. The Labute approximate surface area is 128 Å². The molecule has 116 valence electrons. The first-order valence-electron chi connectivity index (χ1n) is 8.44. The SMILES string of the molecule is CC1CCN(CCCNC2COCc3ccccc32)CC1. The van der Waals surface area contributed by atoms with E-state index in [1.807, 2.05) is 0 Å². The van der Waals surface area contributed by atoms with Gasteiger partial charge < -0.3 is 15.0 Å². The van der Waals surface area contributed by atoms with Crippen LogP contribution in [0, 0.1) is 5.92 Å². The largest absolute Gasteiger partial charge is 0.375 e. The quantitative estimate of drug-likeness (QED) is 0.843. The van der Waals surface area contributed by atoms with Gasteiger partial charge in [-0.05, 0) is 62.5 Å². The van der Waals surface area contributed by atoms with E-state index in [0.717, 1.165) is 25.7 Å². The number of likely N-dealkylation sites (tertiary alicyclic amines) is 1. The van der Waals surface area contributed by atoms with Crippen LogP contribution in [-0.4, -0.2) is 37.7 Å². The van der Waals surface area contributed by atoms with Crippen molar-refractivity contribution in [3.05, 3.63) is 35.4 Å². The number of nitrogens with zero attached hydrogens (tertiary/aromatic N) is 1. The summed E-state index contributed by atoms with van der Waals surface area (Å²) in [7, 11) is 0. The predicted molar refractivity (Wildman–Crippen MR) is 86.3 cm³/mol. The summed E-state index contributed by atoms with van der Waals surface area (Å²) in [6.45, 7) is 8.83. The van der Waals surface area contributed by atoms with Gasteiger partial charge in [-0.2, -0.15) is 0 Å². The van der Waals surface area contributed by atoms with E-state index in [2.05, 4.69) is 41.4 Å². The van der Waals surface area contributed by atoms with E-state index in [4.69, 9.17) is 4.74 Å². The molecule has 1 aromatic rings. The van der Waals surface area contributed by atoms with Gasteiger partial charge in [-0.3, -0.25) is 0 Å². The van der Waals surface area contributed by atoms with Gasteiger partial charge in [-0.1, -0.05) is 31.2 Å². The Kier molecular flexibility index (Phi) is 5.28. The lowest BCUT2D eigenvalue weighted by molar-refractivity contribution is 0.0816. The highest BCUT2D eigenvalue weighted by Crippen LogP contribution is 2.24. The van der Waals surface area contributed by atoms with Crippen molar-refractivity contribution >= 4 is 0 Å². The molecule has 2 aliphatic heterocycles. The van der Waals surface area contributed by atoms with Crippen molar-refractivity contribution < 1.29 is 4.74 Å². The molecular weight excluding hydrogens is 260 g/mol. The molecule has 1 aromatic carbocycles. The van der Waals surface area contributed by atoms with E-state index in [0.29, 0.717) is 6.04 Å². The summed E-state index contributed by atoms with van der Waals surface area (Å²) in [5.74, 6) is 0.926. The molecule has 2 heterocycles. The fraction of sp³-hybridized carbons (Fsp3) is 0.667. The van der Waals surface area contributed by atoms with Crippen LogP contribution in [0.1, 0.15) is 43.4 Å². The third-order valence-electron chi connectivity index (χ3n) is 4.89. The molecule has 0 amide bonds. The van der Waals surface area contributed by atoms with E-state index >= 15 is 0 Å². The standard InChI is InChI=1S/C18H28N2O/c1-15-7-11-20(12-8-15)10-4-9-19-18-14-21-13-16-5-2-3-6-17(16)18/h2-3,5-6,15,18-19H,4,7-14H2,1H3. The third kappa shape index (κ3) is 4.06. The summed E-state index contributed by atoms with van der Waals surface area (Å²) in [6.07, 6.45) is 3.97. The number of piperidine rings is 1. The molecule has 0 radical (unpaired) electrons. The van der Waals surface area contributed by atoms with Gasteiger partial charge >= 0.3 is 0 Å². The highest BCUT2D eigenvalue weighted by molar-refractivity contribution is 5.30. The van der Waals surface area contributed by atoms with Gasteiger partial charge in [0.05, 0.1) is 19.3 Å². The van der Waals surface area contributed by atoms with Gasteiger partial charge in [0.15, 0.2) is 0 Å². The van der Waals surface area contributed by atoms with Gasteiger partial charge in [0.25, 0.3) is 0 Å². The highest BCUT2D eigenvalue weighted by atomic mass is 16.5. The smallest absolute Gasteiger partial charge is 0.0721 e. The van der Waals surface area contributed by atoms with Crippen molar-refractivity contribution in [1.82, 2.24) is 10.2 Å². The molecule has 2 aliphatic rings. The Morgan fingerprint density at radius 2 is 2.05 bits per heavy atom. The van der Waals surface area contributed by atoms with Crippen LogP contribution in [0.2, 0.25) is 0 Å². The molecule has 1 N–H and O–H groups in total. The molecule has 0 saturated carbocycles. The van der Waals surface area contributed by atoms with Crippen LogP contribution < -0.4 is 5.32 Å². The Balaban J connectivity index is 1.40. The van der Waals surface area contributed by atoms with Gasteiger partial charge in [-0.25, -0.2) is 0 Å². The van der Waals surface area contributed by atoms with Crippen molar-refractivity contribution in [2.45, 2.75) is 38.8 Å². The van der Waals surface area contributed by atoms with Crippen molar-refractivity contribution in [3.8, 4) is 0 Å². The lowest BCUT2D eigenvalue weighted by atomic mass is 9.98. The fourth-order valence-corrected chi connectivity index (χ4v) is 3.42. The normalized spacial score (nSPS) is 24.0. The van der Waals surface area contributed by atoms with Crippen molar-refractivity contribution in [1.29, 1.82) is 0 Å². The summed E-state index contributed by atoms with van der Waals surface area (Å²) in [5.41, 5.74) is 2.77. The number of ether oxygens (including phenoxy) is 1. The van der Waals surface area contributed by atoms with Gasteiger partial charge in [-0.15, -0.1) is 0 Å². The number of hydrogen-bond donors (Lipinski definition) is 1. The topological polar surface area (TPSA) is 24.5 Å². The molecule has 0 spiro atoms. The van der Waals surface area contributed by atoms with Crippen LogP contribution in [-0.2, 0) is 11.3 Å². The van der Waals surface area contributed by atoms with Crippen LogP contribution >= 0.6 is 0 Å². The van der Waals surface area contributed by atoms with Crippen LogP contribution in [0.15, 0.2) is 24.3 Å². The first-order chi connectivity index (χ1) is 10.3. The third-order valence-corrected chi connectivity index (χ3v) is 4.89. The van der Waals surface area contributed by atoms with E-state index in [1.54, 1.807) is 0 Å². The Morgan fingerprint density at radius 3 is 2.90 bits per heavy atom. The Hall–Kier alpha value is -0.900. The molecule has 0 bridgehead atoms. The average molecular weight is 288 g/mol. The predicted octanol–water partition coefficient (Wildman–Crippen LogP) is 2.97. The van der Waals surface area contributed by atoms with E-state index in [9.17, 15) is 0 Å². The molecule has 3 rings (SSSR count). The Bertz CT molecular complexity index is 441. The maximum Gasteiger partial charge on any atom is 0.0721 e. The summed E-state index contributed by atoms with van der Waals surface area (Å²) in [5, 5.41) is 3.67. The monoisotopic (exact) mass is 288 g/mol. The summed E-state index contributed by atoms with van der Waals surface area (Å²) >= 11 is 0. The molecule has 1 fully saturated rings. The van der Waals surface area contributed by atoms with E-state index < -0.39 is 0 Å². The minimum Gasteiger partial charge on any atom is -0.375 e. The number of benzene rings is 1. The molecule has 1 atom stereocenters. The minimum atomic E-state index is 0.372. The molecule has 0 aromatic heterocycles. The molecule has 0 aliphatic carbocycles. The second-order valence-electron chi connectivity index (χ2n) is 6.60. The number of hydrogen-bond acceptors (Lipinski definition) is 3. The maximum atomic E-state index is 5.69. The van der Waals surface area contributed by atoms with Crippen molar-refractivity contribution in [3.63, 3.8) is 0 Å². The molecule has 1 unspecified atom stereocenters. The zero-order chi connectivity index (χ0) is 14.5. The van der Waals surface area contributed by atoms with E-state index in [1.165, 1.54) is 50.0 Å². The fourth-order valence-electron chi connectivity index (χ4n) is 3.42. The summed E-state index contributed by atoms with van der Waals surface area (Å²) in [4.78, 5) is 2.62. The van der Waals surface area contributed by atoms with Crippen LogP contribution in [0.3, 0.4) is 0 Å². The first-order valence-corrected chi connectivity index (χ1v) is 8.44. The van der Waals surface area contributed by atoms with Crippen LogP contribution in [0.4, 0.5) is 0 Å². The van der Waals surface area contributed by atoms with Crippen LogP contribution in [0.25, 0.3) is 0 Å². The van der Waals surface area contributed by atoms with E-state index in [-0.39, 0.29) is 0 Å². The number of rotatable bonds is 5. The molecular formula is C18H28N2O. The molecule has 3 nitrogen and oxygen atoms in total. The second-order valence-corrected chi connectivity index (χ2v) is 6.60. The first kappa shape index (κ1) is 15.0. The summed E-state index contributed by atoms with van der Waals surface area (Å²) in [6, 6.07) is 9.02. The zero-order valence-corrected chi connectivity index (χ0v) is 13.2. The van der Waals surface area contributed by atoms with Gasteiger partial charge in [0.1, 0.15) is 0 Å². The molecule has 1 saturated heterocycles. The Morgan fingerprint density at radius 1 is 1.24 bits per heavy atom. The minimum absolute atomic E-state index is 0.372. The highest BCUT2D eigenvalue weighted by Gasteiger charge is 2.20. The zero-order valence-electron chi connectivity index (χ0n) is 13.2. The summed E-state index contributed by atoms with van der Waals surface area (Å²) < 4.78 is 5.69. The lowest BCUT2D eigenvalue weighted by Gasteiger charge is -2.31. The average Bonchev–Trinajstić information content (AvgIpc) is 2.53. The van der Waals surface area contributed by atoms with Gasteiger partial charge in [0.2, 0.25) is 0 Å². The molecule has 21 heavy (non-hydrogen) atoms. The van der Waals surface area contributed by atoms with Crippen LogP contribution in [0.5, 0.6) is 0 Å². The van der Waals surface area contributed by atoms with Gasteiger partial charge in [0, 0.05) is 0 Å². The lowest BCUT2D eigenvalue weighted by Crippen LogP contribution is -2.36. The second kappa shape index (κ2) is 7.39. The van der Waals surface area contributed by atoms with Crippen molar-refractivity contribution in [2.75, 3.05) is 32.8 Å². The van der Waals surface area contributed by atoms with Crippen molar-refractivity contribution in [2.24, 2.45) is 5.92 Å². The maximum absolute atomic E-state index is 5.69.